The van der Waals surface area contributed by atoms with E-state index < -0.39 is 0 Å². The summed E-state index contributed by atoms with van der Waals surface area (Å²) in [4.78, 5) is 4.70. The molecule has 1 heterocycles. The smallest absolute Gasteiger partial charge is 0.169 e. The molecule has 22 heavy (non-hydrogen) atoms. The van der Waals surface area contributed by atoms with Crippen LogP contribution in [-0.4, -0.2) is 61.4 Å². The monoisotopic (exact) mass is 341 g/mol. The number of halogens is 1. The molecule has 0 saturated carbocycles. The summed E-state index contributed by atoms with van der Waals surface area (Å²) in [6.07, 6.45) is 0.979. The maximum Gasteiger partial charge on any atom is 0.169 e. The van der Waals surface area contributed by atoms with Crippen molar-refractivity contribution in [2.45, 2.75) is 13.0 Å². The van der Waals surface area contributed by atoms with Gasteiger partial charge in [-0.2, -0.15) is 0 Å². The summed E-state index contributed by atoms with van der Waals surface area (Å²) in [6.45, 7) is 6.62. The van der Waals surface area contributed by atoms with Gasteiger partial charge >= 0.3 is 0 Å². The molecule has 4 nitrogen and oxygen atoms in total. The van der Waals surface area contributed by atoms with Gasteiger partial charge in [-0.05, 0) is 36.3 Å². The first-order valence-electron chi connectivity index (χ1n) is 7.67. The lowest BCUT2D eigenvalue weighted by Gasteiger charge is -2.36. The van der Waals surface area contributed by atoms with Crippen LogP contribution in [0.4, 0.5) is 0 Å². The second-order valence-corrected chi connectivity index (χ2v) is 6.29. The molecule has 1 aromatic rings. The zero-order chi connectivity index (χ0) is 15.8. The van der Waals surface area contributed by atoms with Crippen LogP contribution in [0.2, 0.25) is 5.02 Å². The molecule has 1 aromatic carbocycles. The Morgan fingerprint density at radius 1 is 1.23 bits per heavy atom. The lowest BCUT2D eigenvalue weighted by Crippen LogP contribution is -2.51. The van der Waals surface area contributed by atoms with Crippen molar-refractivity contribution in [3.8, 4) is 0 Å². The number of benzene rings is 1. The average Bonchev–Trinajstić information content (AvgIpc) is 2.54. The summed E-state index contributed by atoms with van der Waals surface area (Å²) in [5.41, 5.74) is 1.30. The van der Waals surface area contributed by atoms with Gasteiger partial charge in [-0.15, -0.1) is 0 Å². The van der Waals surface area contributed by atoms with Crippen molar-refractivity contribution in [1.29, 1.82) is 0 Å². The van der Waals surface area contributed by atoms with Crippen LogP contribution in [0.1, 0.15) is 12.0 Å². The van der Waals surface area contributed by atoms with Crippen LogP contribution in [0.3, 0.4) is 0 Å². The van der Waals surface area contributed by atoms with Crippen molar-refractivity contribution in [3.05, 3.63) is 34.9 Å². The topological polar surface area (TPSA) is 27.7 Å². The van der Waals surface area contributed by atoms with Gasteiger partial charge in [-0.25, -0.2) is 0 Å². The number of rotatable bonds is 6. The largest absolute Gasteiger partial charge is 0.385 e. The molecule has 1 N–H and O–H groups in total. The highest BCUT2D eigenvalue weighted by atomic mass is 35.5. The van der Waals surface area contributed by atoms with E-state index in [0.29, 0.717) is 0 Å². The van der Waals surface area contributed by atoms with E-state index >= 15 is 0 Å². The summed E-state index contributed by atoms with van der Waals surface area (Å²) in [6, 6.07) is 8.09. The van der Waals surface area contributed by atoms with Crippen molar-refractivity contribution in [2.24, 2.45) is 0 Å². The molecule has 1 saturated heterocycles. The van der Waals surface area contributed by atoms with Gasteiger partial charge in [0.05, 0.1) is 0 Å². The van der Waals surface area contributed by atoms with Gasteiger partial charge in [-0.3, -0.25) is 4.90 Å². The standard InChI is InChI=1S/C16H24ClN3OS/c1-21-12-2-7-18-16(22)20-10-8-19(9-11-20)13-14-3-5-15(17)6-4-14/h3-6H,2,7-13H2,1H3,(H,18,22). The van der Waals surface area contributed by atoms with E-state index in [1.165, 1.54) is 5.56 Å². The molecular weight excluding hydrogens is 318 g/mol. The summed E-state index contributed by atoms with van der Waals surface area (Å²) in [5.74, 6) is 0. The van der Waals surface area contributed by atoms with Crippen LogP contribution in [0, 0.1) is 0 Å². The van der Waals surface area contributed by atoms with Crippen molar-refractivity contribution in [3.63, 3.8) is 0 Å². The first-order valence-corrected chi connectivity index (χ1v) is 8.46. The first kappa shape index (κ1) is 17.5. The average molecular weight is 342 g/mol. The fourth-order valence-corrected chi connectivity index (χ4v) is 2.89. The molecule has 122 valence electrons. The van der Waals surface area contributed by atoms with Crippen LogP contribution < -0.4 is 5.32 Å². The summed E-state index contributed by atoms with van der Waals surface area (Å²) in [5, 5.41) is 4.96. The van der Waals surface area contributed by atoms with Crippen LogP contribution in [0.5, 0.6) is 0 Å². The van der Waals surface area contributed by atoms with E-state index in [9.17, 15) is 0 Å². The number of nitrogens with one attached hydrogen (secondary N) is 1. The molecule has 0 atom stereocenters. The van der Waals surface area contributed by atoms with E-state index in [1.54, 1.807) is 7.11 Å². The lowest BCUT2D eigenvalue weighted by molar-refractivity contribution is 0.173. The third-order valence-electron chi connectivity index (χ3n) is 3.78. The van der Waals surface area contributed by atoms with E-state index in [4.69, 9.17) is 28.6 Å². The Morgan fingerprint density at radius 2 is 1.91 bits per heavy atom. The predicted octanol–water partition coefficient (Wildman–Crippen LogP) is 2.37. The second-order valence-electron chi connectivity index (χ2n) is 5.47. The first-order chi connectivity index (χ1) is 10.7. The van der Waals surface area contributed by atoms with Crippen LogP contribution in [-0.2, 0) is 11.3 Å². The van der Waals surface area contributed by atoms with Crippen molar-refractivity contribution in [1.82, 2.24) is 15.1 Å². The van der Waals surface area contributed by atoms with Crippen LogP contribution >= 0.6 is 23.8 Å². The van der Waals surface area contributed by atoms with Crippen molar-refractivity contribution in [2.75, 3.05) is 46.4 Å². The Hall–Kier alpha value is -0.880. The predicted molar refractivity (Wildman–Crippen MR) is 95.4 cm³/mol. The molecule has 0 spiro atoms. The molecule has 0 radical (unpaired) electrons. The molecule has 0 bridgehead atoms. The van der Waals surface area contributed by atoms with Crippen molar-refractivity contribution >= 4 is 28.9 Å². The fraction of sp³-hybridized carbons (Fsp3) is 0.562. The van der Waals surface area contributed by atoms with E-state index in [2.05, 4.69) is 27.2 Å². The van der Waals surface area contributed by atoms with E-state index in [0.717, 1.165) is 62.4 Å². The number of piperazine rings is 1. The number of nitrogens with zero attached hydrogens (tertiary/aromatic N) is 2. The van der Waals surface area contributed by atoms with Crippen LogP contribution in [0.15, 0.2) is 24.3 Å². The summed E-state index contributed by atoms with van der Waals surface area (Å²) in [7, 11) is 1.72. The quantitative estimate of drug-likeness (QED) is 0.633. The van der Waals surface area contributed by atoms with Gasteiger partial charge in [0.15, 0.2) is 5.11 Å². The highest BCUT2D eigenvalue weighted by molar-refractivity contribution is 7.80. The maximum absolute atomic E-state index is 5.92. The third-order valence-corrected chi connectivity index (χ3v) is 4.43. The zero-order valence-electron chi connectivity index (χ0n) is 13.1. The van der Waals surface area contributed by atoms with Gasteiger partial charge in [0, 0.05) is 58.0 Å². The van der Waals surface area contributed by atoms with Crippen molar-refractivity contribution < 1.29 is 4.74 Å². The number of hydrogen-bond donors (Lipinski definition) is 1. The molecule has 1 aliphatic rings. The van der Waals surface area contributed by atoms with Crippen LogP contribution in [0.25, 0.3) is 0 Å². The minimum atomic E-state index is 0.768. The second kappa shape index (κ2) is 9.30. The van der Waals surface area contributed by atoms with Gasteiger partial charge in [-0.1, -0.05) is 23.7 Å². The summed E-state index contributed by atoms with van der Waals surface area (Å²) >= 11 is 11.4. The molecule has 0 amide bonds. The molecular formula is C16H24ClN3OS. The van der Waals surface area contributed by atoms with Gasteiger partial charge in [0.2, 0.25) is 0 Å². The highest BCUT2D eigenvalue weighted by Gasteiger charge is 2.18. The lowest BCUT2D eigenvalue weighted by atomic mass is 10.2. The van der Waals surface area contributed by atoms with Gasteiger partial charge in [0.25, 0.3) is 0 Å². The SMILES string of the molecule is COCCCNC(=S)N1CCN(Cc2ccc(Cl)cc2)CC1. The minimum Gasteiger partial charge on any atom is -0.385 e. The molecule has 6 heteroatoms. The summed E-state index contributed by atoms with van der Waals surface area (Å²) < 4.78 is 5.04. The Bertz CT molecular complexity index is 461. The van der Waals surface area contributed by atoms with E-state index in [1.807, 2.05) is 12.1 Å². The Morgan fingerprint density at radius 3 is 2.55 bits per heavy atom. The Kier molecular flexibility index (Phi) is 7.39. The fourth-order valence-electron chi connectivity index (χ4n) is 2.48. The zero-order valence-corrected chi connectivity index (χ0v) is 14.6. The van der Waals surface area contributed by atoms with Gasteiger partial charge in [0.1, 0.15) is 0 Å². The molecule has 1 fully saturated rings. The molecule has 0 aliphatic carbocycles. The minimum absolute atomic E-state index is 0.768. The third kappa shape index (κ3) is 5.72. The van der Waals surface area contributed by atoms with Gasteiger partial charge < -0.3 is 15.0 Å². The highest BCUT2D eigenvalue weighted by Crippen LogP contribution is 2.13. The Labute approximate surface area is 143 Å². The van der Waals surface area contributed by atoms with E-state index in [-0.39, 0.29) is 0 Å². The molecule has 1 aliphatic heterocycles. The normalized spacial score (nSPS) is 15.8. The molecule has 0 aromatic heterocycles. The molecule has 0 unspecified atom stereocenters. The Balaban J connectivity index is 1.68. The maximum atomic E-state index is 5.92. The number of methoxy groups -OCH3 is 1. The number of hydrogen-bond acceptors (Lipinski definition) is 3. The number of thiocarbonyl (C=S) groups is 1. The molecule has 2 rings (SSSR count). The number of ether oxygens (including phenoxy) is 1.